The third kappa shape index (κ3) is 1.89. The first-order valence-electron chi connectivity index (χ1n) is 6.70. The van der Waals surface area contributed by atoms with Crippen molar-refractivity contribution >= 4 is 11.0 Å². The summed E-state index contributed by atoms with van der Waals surface area (Å²) in [5.74, 6) is 1.56. The second-order valence-corrected chi connectivity index (χ2v) is 5.28. The van der Waals surface area contributed by atoms with Crippen molar-refractivity contribution in [3.63, 3.8) is 0 Å². The second kappa shape index (κ2) is 4.15. The second-order valence-electron chi connectivity index (χ2n) is 5.28. The van der Waals surface area contributed by atoms with Gasteiger partial charge in [0.1, 0.15) is 0 Å². The molecule has 2 heterocycles. The highest BCUT2D eigenvalue weighted by Gasteiger charge is 2.29. The number of fused-ring (bicyclic) bond motifs is 1. The zero-order valence-electron chi connectivity index (χ0n) is 11.3. The third-order valence-electron chi connectivity index (χ3n) is 3.73. The molecule has 106 valence electrons. The molecule has 3 aromatic rings. The van der Waals surface area contributed by atoms with Gasteiger partial charge in [0, 0.05) is 18.5 Å². The van der Waals surface area contributed by atoms with Crippen molar-refractivity contribution < 1.29 is 4.52 Å². The fourth-order valence-corrected chi connectivity index (χ4v) is 2.35. The number of H-pyrrole nitrogens is 1. The molecule has 0 atom stereocenters. The van der Waals surface area contributed by atoms with Crippen LogP contribution in [0.4, 0.5) is 0 Å². The van der Waals surface area contributed by atoms with Crippen LogP contribution in [0.15, 0.2) is 32.3 Å². The normalized spacial score (nSPS) is 14.7. The number of nitrogens with one attached hydrogen (secondary N) is 1. The van der Waals surface area contributed by atoms with Crippen LogP contribution in [0.25, 0.3) is 22.4 Å². The van der Waals surface area contributed by atoms with Gasteiger partial charge in [-0.05, 0) is 31.0 Å². The van der Waals surface area contributed by atoms with Crippen molar-refractivity contribution in [1.82, 2.24) is 19.7 Å². The third-order valence-corrected chi connectivity index (χ3v) is 3.73. The van der Waals surface area contributed by atoms with Crippen LogP contribution in [-0.2, 0) is 7.05 Å². The van der Waals surface area contributed by atoms with Crippen molar-refractivity contribution in [2.24, 2.45) is 7.05 Å². The Morgan fingerprint density at radius 1 is 1.33 bits per heavy atom. The van der Waals surface area contributed by atoms with Gasteiger partial charge in [0.25, 0.3) is 0 Å². The van der Waals surface area contributed by atoms with Gasteiger partial charge in [-0.15, -0.1) is 0 Å². The van der Waals surface area contributed by atoms with Gasteiger partial charge in [-0.1, -0.05) is 5.16 Å². The zero-order valence-corrected chi connectivity index (χ0v) is 11.3. The first kappa shape index (κ1) is 12.1. The van der Waals surface area contributed by atoms with Crippen molar-refractivity contribution in [3.05, 3.63) is 44.8 Å². The quantitative estimate of drug-likeness (QED) is 0.712. The molecule has 0 bridgehead atoms. The lowest BCUT2D eigenvalue weighted by Crippen LogP contribution is -2.34. The van der Waals surface area contributed by atoms with Crippen LogP contribution in [0.5, 0.6) is 0 Å². The van der Waals surface area contributed by atoms with Crippen molar-refractivity contribution in [2.45, 2.75) is 18.8 Å². The summed E-state index contributed by atoms with van der Waals surface area (Å²) >= 11 is 0. The largest absolute Gasteiger partial charge is 0.339 e. The Bertz CT molecular complexity index is 962. The van der Waals surface area contributed by atoms with Crippen LogP contribution in [0.3, 0.4) is 0 Å². The van der Waals surface area contributed by atoms with Gasteiger partial charge in [-0.2, -0.15) is 4.98 Å². The van der Waals surface area contributed by atoms with Gasteiger partial charge < -0.3 is 14.1 Å². The molecule has 0 radical (unpaired) electrons. The Morgan fingerprint density at radius 2 is 2.14 bits per heavy atom. The summed E-state index contributed by atoms with van der Waals surface area (Å²) in [6.07, 6.45) is 2.18. The molecule has 1 aromatic carbocycles. The topological polar surface area (TPSA) is 93.8 Å². The van der Waals surface area contributed by atoms with E-state index in [-0.39, 0.29) is 0 Å². The van der Waals surface area contributed by atoms with Gasteiger partial charge in [0.05, 0.1) is 11.0 Å². The minimum absolute atomic E-state index is 0.396. The van der Waals surface area contributed by atoms with E-state index in [1.54, 1.807) is 19.2 Å². The maximum absolute atomic E-state index is 11.6. The van der Waals surface area contributed by atoms with E-state index in [4.69, 9.17) is 4.52 Å². The summed E-state index contributed by atoms with van der Waals surface area (Å²) in [6.45, 7) is 0. The Kier molecular flexibility index (Phi) is 2.38. The number of hydrogen-bond donors (Lipinski definition) is 1. The van der Waals surface area contributed by atoms with Crippen LogP contribution in [-0.4, -0.2) is 19.7 Å². The molecular formula is C14H12N4O3. The summed E-state index contributed by atoms with van der Waals surface area (Å²) in [5.41, 5.74) is 0.735. The van der Waals surface area contributed by atoms with E-state index in [0.717, 1.165) is 18.4 Å². The van der Waals surface area contributed by atoms with Crippen LogP contribution in [0.2, 0.25) is 0 Å². The molecule has 1 saturated carbocycles. The van der Waals surface area contributed by atoms with Gasteiger partial charge in [-0.3, -0.25) is 9.59 Å². The predicted octanol–water partition coefficient (Wildman–Crippen LogP) is 1.15. The maximum atomic E-state index is 11.6. The van der Waals surface area contributed by atoms with Gasteiger partial charge in [0.15, 0.2) is 0 Å². The van der Waals surface area contributed by atoms with E-state index in [1.165, 1.54) is 4.57 Å². The first-order chi connectivity index (χ1) is 10.1. The van der Waals surface area contributed by atoms with Crippen LogP contribution in [0, 0.1) is 0 Å². The van der Waals surface area contributed by atoms with E-state index in [9.17, 15) is 9.59 Å². The SMILES string of the molecule is Cn1c(=O)c(=O)[nH]c2cc(-c3noc(C4CC4)n3)ccc21. The summed E-state index contributed by atoms with van der Waals surface area (Å²) in [4.78, 5) is 30.1. The molecule has 21 heavy (non-hydrogen) atoms. The molecule has 7 heteroatoms. The number of nitrogens with zero attached hydrogens (tertiary/aromatic N) is 3. The van der Waals surface area contributed by atoms with E-state index < -0.39 is 11.1 Å². The zero-order chi connectivity index (χ0) is 14.6. The average Bonchev–Trinajstić information content (AvgIpc) is 3.22. The number of aryl methyl sites for hydroxylation is 1. The fourth-order valence-electron chi connectivity index (χ4n) is 2.35. The minimum atomic E-state index is -0.645. The molecule has 1 N–H and O–H groups in total. The molecular weight excluding hydrogens is 272 g/mol. The van der Waals surface area contributed by atoms with E-state index in [0.29, 0.717) is 28.7 Å². The summed E-state index contributed by atoms with van der Waals surface area (Å²) in [7, 11) is 1.57. The molecule has 1 fully saturated rings. The van der Waals surface area contributed by atoms with Crippen molar-refractivity contribution in [3.8, 4) is 11.4 Å². The van der Waals surface area contributed by atoms with E-state index in [2.05, 4.69) is 15.1 Å². The maximum Gasteiger partial charge on any atom is 0.316 e. The van der Waals surface area contributed by atoms with Crippen molar-refractivity contribution in [2.75, 3.05) is 0 Å². The Balaban J connectivity index is 1.87. The van der Waals surface area contributed by atoms with Gasteiger partial charge in [0.2, 0.25) is 11.7 Å². The fraction of sp³-hybridized carbons (Fsp3) is 0.286. The highest BCUT2D eigenvalue weighted by atomic mass is 16.5. The lowest BCUT2D eigenvalue weighted by atomic mass is 10.2. The molecule has 4 rings (SSSR count). The highest BCUT2D eigenvalue weighted by Crippen LogP contribution is 2.39. The van der Waals surface area contributed by atoms with Gasteiger partial charge >= 0.3 is 11.1 Å². The number of aromatic nitrogens is 4. The molecule has 1 aliphatic rings. The highest BCUT2D eigenvalue weighted by molar-refractivity contribution is 5.79. The molecule has 0 amide bonds. The molecule has 0 spiro atoms. The van der Waals surface area contributed by atoms with Crippen molar-refractivity contribution in [1.29, 1.82) is 0 Å². The summed E-state index contributed by atoms with van der Waals surface area (Å²) in [5, 5.41) is 3.97. The first-order valence-corrected chi connectivity index (χ1v) is 6.70. The number of benzene rings is 1. The van der Waals surface area contributed by atoms with E-state index >= 15 is 0 Å². The Morgan fingerprint density at radius 3 is 2.90 bits per heavy atom. The summed E-state index contributed by atoms with van der Waals surface area (Å²) in [6, 6.07) is 5.31. The molecule has 0 aliphatic heterocycles. The lowest BCUT2D eigenvalue weighted by Gasteiger charge is -2.04. The molecule has 0 saturated heterocycles. The molecule has 7 nitrogen and oxygen atoms in total. The monoisotopic (exact) mass is 284 g/mol. The minimum Gasteiger partial charge on any atom is -0.339 e. The lowest BCUT2D eigenvalue weighted by molar-refractivity contribution is 0.380. The smallest absolute Gasteiger partial charge is 0.316 e. The number of rotatable bonds is 2. The molecule has 1 aliphatic carbocycles. The Hall–Kier alpha value is -2.70. The van der Waals surface area contributed by atoms with Crippen LogP contribution >= 0.6 is 0 Å². The Labute approximate surface area is 118 Å². The standard InChI is InChI=1S/C14H12N4O3/c1-18-10-5-4-8(6-9(10)15-12(19)14(18)20)11-16-13(21-17-11)7-2-3-7/h4-7H,2-3H2,1H3,(H,15,19). The van der Waals surface area contributed by atoms with Crippen LogP contribution < -0.4 is 11.1 Å². The molecule has 2 aromatic heterocycles. The average molecular weight is 284 g/mol. The number of aromatic amines is 1. The van der Waals surface area contributed by atoms with E-state index in [1.807, 2.05) is 6.07 Å². The molecule has 0 unspecified atom stereocenters. The summed E-state index contributed by atoms with van der Waals surface area (Å²) < 4.78 is 6.56. The van der Waals surface area contributed by atoms with Gasteiger partial charge in [-0.25, -0.2) is 0 Å². The van der Waals surface area contributed by atoms with Crippen LogP contribution in [0.1, 0.15) is 24.7 Å². The number of hydrogen-bond acceptors (Lipinski definition) is 5. The predicted molar refractivity (Wildman–Crippen MR) is 75.1 cm³/mol.